The molecular weight excluding hydrogens is 130 g/mol. The minimum absolute atomic E-state index is 0.769. The summed E-state index contributed by atoms with van der Waals surface area (Å²) in [7, 11) is 0. The highest BCUT2D eigenvalue weighted by molar-refractivity contribution is 5.98. The van der Waals surface area contributed by atoms with E-state index in [1.54, 1.807) is 6.20 Å². The van der Waals surface area contributed by atoms with Gasteiger partial charge < -0.3 is 9.95 Å². The van der Waals surface area contributed by atoms with E-state index in [1.807, 2.05) is 6.07 Å². The third-order valence-electron chi connectivity index (χ3n) is 1.41. The van der Waals surface area contributed by atoms with Gasteiger partial charge in [0.25, 0.3) is 0 Å². The summed E-state index contributed by atoms with van der Waals surface area (Å²) in [4.78, 5) is 0. The summed E-state index contributed by atoms with van der Waals surface area (Å²) < 4.78 is 4.90. The maximum Gasteiger partial charge on any atom is 0.182 e. The summed E-state index contributed by atoms with van der Waals surface area (Å²) in [6.07, 6.45) is 2.55. The largest absolute Gasteiger partial charge is 0.355 e. The summed E-state index contributed by atoms with van der Waals surface area (Å²) in [6.45, 7) is 0.899. The van der Waals surface area contributed by atoms with Gasteiger partial charge >= 0.3 is 0 Å². The first-order valence-electron chi connectivity index (χ1n) is 3.17. The first kappa shape index (κ1) is 5.46. The van der Waals surface area contributed by atoms with Gasteiger partial charge in [-0.3, -0.25) is 0 Å². The van der Waals surface area contributed by atoms with Crippen LogP contribution in [-0.2, 0) is 0 Å². The van der Waals surface area contributed by atoms with Gasteiger partial charge in [-0.15, -0.1) is 0 Å². The van der Waals surface area contributed by atoms with E-state index < -0.39 is 0 Å². The topological polar surface area (TPSA) is 50.4 Å². The van der Waals surface area contributed by atoms with Crippen LogP contribution in [0.5, 0.6) is 0 Å². The molecule has 1 N–H and O–H groups in total. The molecule has 0 aromatic carbocycles. The lowest BCUT2D eigenvalue weighted by Gasteiger charge is -1.86. The molecule has 0 radical (unpaired) electrons. The SMILES string of the molecule is c1cc(C2=NNCC2)on1. The van der Waals surface area contributed by atoms with Gasteiger partial charge in [-0.1, -0.05) is 5.16 Å². The van der Waals surface area contributed by atoms with Crippen molar-refractivity contribution in [2.45, 2.75) is 6.42 Å². The van der Waals surface area contributed by atoms with E-state index in [0.29, 0.717) is 0 Å². The minimum atomic E-state index is 0.769. The zero-order chi connectivity index (χ0) is 6.81. The Bertz CT molecular complexity index is 240. The number of hydrogen-bond donors (Lipinski definition) is 1. The average Bonchev–Trinajstić information content (AvgIpc) is 2.59. The Balaban J connectivity index is 2.28. The van der Waals surface area contributed by atoms with E-state index in [4.69, 9.17) is 4.52 Å². The monoisotopic (exact) mass is 137 g/mol. The second kappa shape index (κ2) is 2.13. The molecule has 1 aromatic heterocycles. The molecule has 0 bridgehead atoms. The van der Waals surface area contributed by atoms with Crippen LogP contribution in [0, 0.1) is 0 Å². The molecule has 0 saturated carbocycles. The second-order valence-electron chi connectivity index (χ2n) is 2.09. The number of rotatable bonds is 1. The number of hydrazone groups is 1. The standard InChI is InChI=1S/C6H7N3O/c1-3-7-9-5(1)6-2-4-8-10-6/h2,4,7H,1,3H2. The van der Waals surface area contributed by atoms with Gasteiger partial charge in [0.1, 0.15) is 5.71 Å². The molecule has 2 rings (SSSR count). The molecule has 2 heterocycles. The molecule has 0 atom stereocenters. The van der Waals surface area contributed by atoms with Crippen molar-refractivity contribution in [3.63, 3.8) is 0 Å². The Morgan fingerprint density at radius 2 is 2.60 bits per heavy atom. The fourth-order valence-corrected chi connectivity index (χ4v) is 0.924. The molecule has 1 aliphatic rings. The van der Waals surface area contributed by atoms with Gasteiger partial charge in [0.05, 0.1) is 6.20 Å². The molecule has 0 fully saturated rings. The molecule has 0 amide bonds. The molecule has 1 aromatic rings. The van der Waals surface area contributed by atoms with E-state index >= 15 is 0 Å². The van der Waals surface area contributed by atoms with E-state index in [0.717, 1.165) is 24.4 Å². The van der Waals surface area contributed by atoms with Crippen LogP contribution in [0.15, 0.2) is 21.9 Å². The summed E-state index contributed by atoms with van der Waals surface area (Å²) in [5.74, 6) is 0.769. The predicted octanol–water partition coefficient (Wildman–Crippen LogP) is 0.372. The Morgan fingerprint density at radius 1 is 1.60 bits per heavy atom. The first-order chi connectivity index (χ1) is 4.97. The molecule has 0 spiro atoms. The van der Waals surface area contributed by atoms with Gasteiger partial charge in [0.2, 0.25) is 0 Å². The highest BCUT2D eigenvalue weighted by Crippen LogP contribution is 2.05. The normalized spacial score (nSPS) is 16.6. The molecular formula is C6H7N3O. The number of nitrogens with zero attached hydrogens (tertiary/aromatic N) is 2. The molecule has 10 heavy (non-hydrogen) atoms. The van der Waals surface area contributed by atoms with Crippen molar-refractivity contribution in [2.75, 3.05) is 6.54 Å². The van der Waals surface area contributed by atoms with Crippen molar-refractivity contribution in [3.8, 4) is 0 Å². The zero-order valence-electron chi connectivity index (χ0n) is 5.37. The van der Waals surface area contributed by atoms with E-state index in [9.17, 15) is 0 Å². The van der Waals surface area contributed by atoms with Crippen molar-refractivity contribution in [1.82, 2.24) is 10.6 Å². The van der Waals surface area contributed by atoms with Crippen molar-refractivity contribution in [2.24, 2.45) is 5.10 Å². The van der Waals surface area contributed by atoms with Gasteiger partial charge in [-0.05, 0) is 0 Å². The van der Waals surface area contributed by atoms with Crippen molar-refractivity contribution in [3.05, 3.63) is 18.0 Å². The third kappa shape index (κ3) is 0.775. The van der Waals surface area contributed by atoms with Gasteiger partial charge in [-0.25, -0.2) is 0 Å². The Morgan fingerprint density at radius 3 is 3.20 bits per heavy atom. The highest BCUT2D eigenvalue weighted by atomic mass is 16.5. The summed E-state index contributed by atoms with van der Waals surface area (Å²) >= 11 is 0. The molecule has 52 valence electrons. The summed E-state index contributed by atoms with van der Waals surface area (Å²) in [6, 6.07) is 1.81. The van der Waals surface area contributed by atoms with Crippen LogP contribution in [0.2, 0.25) is 0 Å². The maximum absolute atomic E-state index is 4.90. The summed E-state index contributed by atoms with van der Waals surface area (Å²) in [5, 5.41) is 7.59. The average molecular weight is 137 g/mol. The number of nitrogens with one attached hydrogen (secondary N) is 1. The molecule has 0 aliphatic carbocycles. The van der Waals surface area contributed by atoms with Crippen LogP contribution in [0.3, 0.4) is 0 Å². The van der Waals surface area contributed by atoms with Gasteiger partial charge in [0.15, 0.2) is 5.76 Å². The lowest BCUT2D eigenvalue weighted by Crippen LogP contribution is -1.97. The van der Waals surface area contributed by atoms with Crippen LogP contribution >= 0.6 is 0 Å². The molecule has 4 heteroatoms. The van der Waals surface area contributed by atoms with E-state index in [2.05, 4.69) is 15.7 Å². The zero-order valence-corrected chi connectivity index (χ0v) is 5.37. The lowest BCUT2D eigenvalue weighted by molar-refractivity contribution is 0.413. The first-order valence-corrected chi connectivity index (χ1v) is 3.17. The quantitative estimate of drug-likeness (QED) is 0.608. The molecule has 0 unspecified atom stereocenters. The fourth-order valence-electron chi connectivity index (χ4n) is 0.924. The minimum Gasteiger partial charge on any atom is -0.355 e. The molecule has 1 aliphatic heterocycles. The fraction of sp³-hybridized carbons (Fsp3) is 0.333. The Hall–Kier alpha value is -1.32. The van der Waals surface area contributed by atoms with Gasteiger partial charge in [-0.2, -0.15) is 5.10 Å². The van der Waals surface area contributed by atoms with Crippen LogP contribution in [0.1, 0.15) is 12.2 Å². The lowest BCUT2D eigenvalue weighted by atomic mass is 10.2. The molecule has 0 saturated heterocycles. The van der Waals surface area contributed by atoms with Gasteiger partial charge in [0, 0.05) is 19.0 Å². The van der Waals surface area contributed by atoms with Crippen LogP contribution in [0.4, 0.5) is 0 Å². The maximum atomic E-state index is 4.90. The second-order valence-corrected chi connectivity index (χ2v) is 2.09. The van der Waals surface area contributed by atoms with Crippen LogP contribution in [-0.4, -0.2) is 17.4 Å². The smallest absolute Gasteiger partial charge is 0.182 e. The van der Waals surface area contributed by atoms with Crippen molar-refractivity contribution >= 4 is 5.71 Å². The van der Waals surface area contributed by atoms with Crippen molar-refractivity contribution in [1.29, 1.82) is 0 Å². The predicted molar refractivity (Wildman–Crippen MR) is 35.7 cm³/mol. The Kier molecular flexibility index (Phi) is 1.16. The number of hydrogen-bond acceptors (Lipinski definition) is 4. The third-order valence-corrected chi connectivity index (χ3v) is 1.41. The van der Waals surface area contributed by atoms with Crippen LogP contribution < -0.4 is 5.43 Å². The van der Waals surface area contributed by atoms with Crippen molar-refractivity contribution < 1.29 is 4.52 Å². The van der Waals surface area contributed by atoms with E-state index in [-0.39, 0.29) is 0 Å². The van der Waals surface area contributed by atoms with E-state index in [1.165, 1.54) is 0 Å². The van der Waals surface area contributed by atoms with Crippen LogP contribution in [0.25, 0.3) is 0 Å². The Labute approximate surface area is 57.9 Å². The number of aromatic nitrogens is 1. The highest BCUT2D eigenvalue weighted by Gasteiger charge is 2.11. The molecule has 4 nitrogen and oxygen atoms in total. The summed E-state index contributed by atoms with van der Waals surface area (Å²) in [5.41, 5.74) is 3.82.